The van der Waals surface area contributed by atoms with Gasteiger partial charge < -0.3 is 5.73 Å². The van der Waals surface area contributed by atoms with Gasteiger partial charge in [0.2, 0.25) is 0 Å². The molecule has 0 bridgehead atoms. The van der Waals surface area contributed by atoms with Crippen LogP contribution in [-0.2, 0) is 0 Å². The van der Waals surface area contributed by atoms with Crippen molar-refractivity contribution in [1.29, 1.82) is 0 Å². The molecule has 0 aromatic carbocycles. The molecule has 0 amide bonds. The molecular weight excluding hydrogens is 89.0 g/mol. The number of tetrazole rings is 1. The first-order chi connectivity index (χ1) is 2.89. The molecule has 7 heavy (non-hydrogen) atoms. The predicted molar refractivity (Wildman–Crippen MR) is 24.3 cm³/mol. The van der Waals surface area contributed by atoms with Gasteiger partial charge in [0.25, 0.3) is 5.95 Å². The van der Waals surface area contributed by atoms with E-state index in [0.29, 0.717) is 0 Å². The molecule has 0 spiro atoms. The fraction of sp³-hybridized carbons (Fsp3) is 0. The second kappa shape index (κ2) is 2.61. The number of H-pyrrole nitrogens is 1. The molecule has 3 N–H and O–H groups in total. The number of nitrogen functional groups attached to an aromatic ring is 1. The largest absolute Gasteiger partial charge is 0.365 e. The Bertz CT molecular complexity index is 112. The van der Waals surface area contributed by atoms with Crippen molar-refractivity contribution in [2.75, 3.05) is 5.73 Å². The molecule has 1 rings (SSSR count). The predicted octanol–water partition coefficient (Wildman–Crippen LogP) is -1.60. The minimum Gasteiger partial charge on any atom is -0.365 e. The van der Waals surface area contributed by atoms with E-state index in [0.717, 1.165) is 0 Å². The minimum atomic E-state index is 0. The summed E-state index contributed by atoms with van der Waals surface area (Å²) in [5.74, 6) is 0.176. The van der Waals surface area contributed by atoms with Crippen molar-refractivity contribution in [3.8, 4) is 0 Å². The van der Waals surface area contributed by atoms with Crippen LogP contribution in [0.15, 0.2) is 0 Å². The van der Waals surface area contributed by atoms with Crippen LogP contribution in [0.2, 0.25) is 0 Å². The first-order valence-corrected chi connectivity index (χ1v) is 1.38. The average Bonchev–Trinajstić information content (AvgIpc) is 1.86. The number of aromatic amines is 1. The van der Waals surface area contributed by atoms with Gasteiger partial charge in [-0.2, -0.15) is 5.21 Å². The maximum Gasteiger partial charge on any atom is 0.260 e. The van der Waals surface area contributed by atoms with Crippen LogP contribution < -0.4 is 5.73 Å². The number of nitrogens with one attached hydrogen (secondary N) is 1. The average molecular weight is 92.0 g/mol. The fourth-order valence-corrected chi connectivity index (χ4v) is 0.170. The molecule has 0 aliphatic rings. The Labute approximate surface area is 51.8 Å². The summed E-state index contributed by atoms with van der Waals surface area (Å²) in [5.41, 5.74) is 4.96. The van der Waals surface area contributed by atoms with E-state index in [1.54, 1.807) is 0 Å². The smallest absolute Gasteiger partial charge is 0.260 e. The summed E-state index contributed by atoms with van der Waals surface area (Å²) in [4.78, 5) is 0. The van der Waals surface area contributed by atoms with Crippen LogP contribution in [0.25, 0.3) is 0 Å². The van der Waals surface area contributed by atoms with Crippen molar-refractivity contribution < 1.29 is 0 Å². The molecule has 0 aliphatic heterocycles. The summed E-state index contributed by atoms with van der Waals surface area (Å²) >= 11 is 0. The van der Waals surface area contributed by atoms with E-state index in [-0.39, 0.29) is 24.8 Å². The topological polar surface area (TPSA) is 80.5 Å². The Morgan fingerprint density at radius 3 is 2.43 bits per heavy atom. The maximum absolute atomic E-state index is 4.96. The Balaban J connectivity index is 0.000000360. The molecule has 0 atom stereocenters. The molecule has 5 nitrogen and oxygen atoms in total. The molecule has 0 saturated carbocycles. The first kappa shape index (κ1) is 6.47. The number of nitrogens with zero attached hydrogens (tertiary/aromatic N) is 3. The van der Waals surface area contributed by atoms with E-state index in [4.69, 9.17) is 5.73 Å². The van der Waals surface area contributed by atoms with Crippen LogP contribution in [0.4, 0.5) is 5.95 Å². The summed E-state index contributed by atoms with van der Waals surface area (Å²) in [5, 5.41) is 12.0. The van der Waals surface area contributed by atoms with Crippen molar-refractivity contribution in [3.63, 3.8) is 0 Å². The first-order valence-electron chi connectivity index (χ1n) is 1.38. The fourth-order valence-electron chi connectivity index (χ4n) is 0.170. The summed E-state index contributed by atoms with van der Waals surface area (Å²) in [7, 11) is 0. The summed E-state index contributed by atoms with van der Waals surface area (Å²) in [6.07, 6.45) is 0. The zero-order valence-electron chi connectivity index (χ0n) is 3.92. The normalized spacial score (nSPS) is 7.43. The van der Waals surface area contributed by atoms with E-state index >= 15 is 0 Å². The van der Waals surface area contributed by atoms with Gasteiger partial charge in [0.1, 0.15) is 0 Å². The summed E-state index contributed by atoms with van der Waals surface area (Å²) < 4.78 is 0. The Morgan fingerprint density at radius 2 is 2.29 bits per heavy atom. The molecule has 0 unspecified atom stereocenters. The second-order valence-electron chi connectivity index (χ2n) is 0.770. The molecule has 0 fully saturated rings. The SMILES string of the molecule is Nc1nn[nH]n1.[Li]. The molecule has 33 valence electrons. The maximum atomic E-state index is 4.96. The standard InChI is InChI=1S/CH3N5.Li/c2-1-3-5-6-4-1;/h(H3,2,3,4,5,6);. The molecule has 1 aromatic rings. The van der Waals surface area contributed by atoms with Gasteiger partial charge in [-0.05, 0) is 5.21 Å². The summed E-state index contributed by atoms with van der Waals surface area (Å²) in [6.45, 7) is 0. The van der Waals surface area contributed by atoms with Gasteiger partial charge >= 0.3 is 0 Å². The molecular formula is CH3LiN5. The van der Waals surface area contributed by atoms with E-state index in [1.165, 1.54) is 0 Å². The molecule has 0 aliphatic carbocycles. The van der Waals surface area contributed by atoms with Crippen LogP contribution in [0, 0.1) is 0 Å². The number of anilines is 1. The van der Waals surface area contributed by atoms with Crippen molar-refractivity contribution in [1.82, 2.24) is 20.6 Å². The van der Waals surface area contributed by atoms with Crippen LogP contribution in [0.3, 0.4) is 0 Å². The Kier molecular flexibility index (Phi) is 2.41. The molecule has 1 heterocycles. The van der Waals surface area contributed by atoms with Crippen molar-refractivity contribution in [2.24, 2.45) is 0 Å². The second-order valence-corrected chi connectivity index (χ2v) is 0.770. The number of hydrogen-bond donors (Lipinski definition) is 2. The Morgan fingerprint density at radius 1 is 1.57 bits per heavy atom. The number of nitrogens with two attached hydrogens (primary N) is 1. The third-order valence-corrected chi connectivity index (χ3v) is 0.362. The van der Waals surface area contributed by atoms with Gasteiger partial charge in [-0.1, -0.05) is 5.10 Å². The number of aromatic nitrogens is 4. The van der Waals surface area contributed by atoms with Crippen LogP contribution in [0.5, 0.6) is 0 Å². The van der Waals surface area contributed by atoms with Gasteiger partial charge in [0.15, 0.2) is 0 Å². The van der Waals surface area contributed by atoms with E-state index < -0.39 is 0 Å². The Hall–Kier alpha value is -0.533. The molecule has 0 saturated heterocycles. The molecule has 6 heteroatoms. The van der Waals surface area contributed by atoms with Crippen LogP contribution >= 0.6 is 0 Å². The number of hydrogen-bond acceptors (Lipinski definition) is 4. The number of rotatable bonds is 0. The van der Waals surface area contributed by atoms with Gasteiger partial charge in [0.05, 0.1) is 0 Å². The van der Waals surface area contributed by atoms with Gasteiger partial charge in [-0.15, -0.1) is 5.10 Å². The van der Waals surface area contributed by atoms with Crippen molar-refractivity contribution in [2.45, 2.75) is 0 Å². The third-order valence-electron chi connectivity index (χ3n) is 0.362. The van der Waals surface area contributed by atoms with Gasteiger partial charge in [-0.25, -0.2) is 0 Å². The van der Waals surface area contributed by atoms with Crippen molar-refractivity contribution >= 4 is 24.8 Å². The molecule has 1 aromatic heterocycles. The minimum absolute atomic E-state index is 0. The van der Waals surface area contributed by atoms with Crippen LogP contribution in [-0.4, -0.2) is 39.5 Å². The zero-order valence-corrected chi connectivity index (χ0v) is 3.92. The molecule has 1 radical (unpaired) electrons. The van der Waals surface area contributed by atoms with Gasteiger partial charge in [0, 0.05) is 18.9 Å². The zero-order chi connectivity index (χ0) is 4.41. The van der Waals surface area contributed by atoms with E-state index in [1.807, 2.05) is 0 Å². The van der Waals surface area contributed by atoms with Gasteiger partial charge in [-0.3, -0.25) is 0 Å². The van der Waals surface area contributed by atoms with Crippen LogP contribution in [0.1, 0.15) is 0 Å². The quantitative estimate of drug-likeness (QED) is 0.378. The monoisotopic (exact) mass is 92.1 g/mol. The van der Waals surface area contributed by atoms with E-state index in [2.05, 4.69) is 20.6 Å². The summed E-state index contributed by atoms with van der Waals surface area (Å²) in [6, 6.07) is 0. The third kappa shape index (κ3) is 1.57. The van der Waals surface area contributed by atoms with Crippen molar-refractivity contribution in [3.05, 3.63) is 0 Å². The van der Waals surface area contributed by atoms with E-state index in [9.17, 15) is 0 Å².